The van der Waals surface area contributed by atoms with Gasteiger partial charge in [-0.1, -0.05) is 18.2 Å². The number of nitriles is 1. The van der Waals surface area contributed by atoms with Crippen molar-refractivity contribution < 1.29 is 14.6 Å². The summed E-state index contributed by atoms with van der Waals surface area (Å²) in [4.78, 5) is 19.8. The Balaban J connectivity index is 1.38. The van der Waals surface area contributed by atoms with Crippen LogP contribution in [-0.2, 0) is 6.42 Å². The van der Waals surface area contributed by atoms with Crippen molar-refractivity contribution in [3.63, 3.8) is 0 Å². The number of hydrogen-bond donors (Lipinski definition) is 2. The lowest BCUT2D eigenvalue weighted by Crippen LogP contribution is -2.57. The number of β-amino-alcohol motifs (C(OH)–C–C–N with tert-alkyl or cyclic N) is 1. The number of aromatic nitrogens is 1. The number of aliphatic hydroxyl groups is 1. The molecule has 0 saturated carbocycles. The van der Waals surface area contributed by atoms with Crippen LogP contribution in [0.5, 0.6) is 5.75 Å². The monoisotopic (exact) mass is 474 g/mol. The molecule has 7 nitrogen and oxygen atoms in total. The highest BCUT2D eigenvalue weighted by Gasteiger charge is 2.32. The Kier molecular flexibility index (Phi) is 5.98. The number of fused-ring (bicyclic) bond motifs is 1. The molecular formula is C26H26N4O3S. The topological polar surface area (TPSA) is 98.5 Å². The van der Waals surface area contributed by atoms with E-state index in [0.717, 1.165) is 39.4 Å². The van der Waals surface area contributed by atoms with Crippen molar-refractivity contribution in [2.45, 2.75) is 44.9 Å². The molecular weight excluding hydrogens is 448 g/mol. The third-order valence-electron chi connectivity index (χ3n) is 6.20. The number of aliphatic hydroxyl groups excluding tert-OH is 1. The average molecular weight is 475 g/mol. The first-order chi connectivity index (χ1) is 16.4. The molecule has 2 N–H and O–H groups in total. The second kappa shape index (κ2) is 9.09. The third kappa shape index (κ3) is 4.25. The van der Waals surface area contributed by atoms with E-state index in [1.807, 2.05) is 44.3 Å². The van der Waals surface area contributed by atoms with Crippen molar-refractivity contribution in [3.8, 4) is 32.8 Å². The molecule has 2 aromatic carbocycles. The number of thiazole rings is 1. The van der Waals surface area contributed by atoms with Crippen LogP contribution in [0.3, 0.4) is 0 Å². The Bertz CT molecular complexity index is 1270. The fourth-order valence-electron chi connectivity index (χ4n) is 4.54. The van der Waals surface area contributed by atoms with Crippen LogP contribution in [0.1, 0.15) is 43.0 Å². The van der Waals surface area contributed by atoms with Crippen molar-refractivity contribution in [1.82, 2.24) is 15.2 Å². The standard InChI is InChI=1S/C26H26N4O3S/c1-15(2)33-23-9-6-16(10-17(23)11-27)25-28-12-24(34-25)21-5-3-4-20-19(21)7-8-22(20)29-26(32)30-13-18(31)14-30/h3-6,9-10,12,15,18,22,31H,7-8,13-14H2,1-2H3,(H,29,32)/t22-/m1/s1. The number of carbonyl (C=O) groups is 1. The number of rotatable bonds is 5. The van der Waals surface area contributed by atoms with Gasteiger partial charge in [0.15, 0.2) is 0 Å². The van der Waals surface area contributed by atoms with Crippen LogP contribution in [0.2, 0.25) is 0 Å². The van der Waals surface area contributed by atoms with Gasteiger partial charge in [0.2, 0.25) is 0 Å². The van der Waals surface area contributed by atoms with Crippen LogP contribution in [0.25, 0.3) is 21.0 Å². The predicted molar refractivity (Wildman–Crippen MR) is 131 cm³/mol. The molecule has 0 radical (unpaired) electrons. The Morgan fingerprint density at radius 1 is 1.32 bits per heavy atom. The molecule has 34 heavy (non-hydrogen) atoms. The van der Waals surface area contributed by atoms with E-state index in [2.05, 4.69) is 28.5 Å². The number of urea groups is 1. The van der Waals surface area contributed by atoms with E-state index in [1.54, 1.807) is 16.2 Å². The third-order valence-corrected chi connectivity index (χ3v) is 7.28. The fraction of sp³-hybridized carbons (Fsp3) is 0.346. The van der Waals surface area contributed by atoms with Gasteiger partial charge in [0.25, 0.3) is 0 Å². The van der Waals surface area contributed by atoms with Crippen LogP contribution < -0.4 is 10.1 Å². The minimum absolute atomic E-state index is 0.00398. The number of likely N-dealkylation sites (tertiary alicyclic amines) is 1. The first-order valence-electron chi connectivity index (χ1n) is 11.5. The number of amides is 2. The molecule has 1 aliphatic heterocycles. The van der Waals surface area contributed by atoms with Gasteiger partial charge in [0.05, 0.1) is 41.8 Å². The fourth-order valence-corrected chi connectivity index (χ4v) is 5.50. The predicted octanol–water partition coefficient (Wildman–Crippen LogP) is 4.51. The molecule has 5 rings (SSSR count). The molecule has 1 aromatic heterocycles. The molecule has 0 unspecified atom stereocenters. The molecule has 8 heteroatoms. The zero-order valence-electron chi connectivity index (χ0n) is 19.1. The van der Waals surface area contributed by atoms with Crippen molar-refractivity contribution in [2.24, 2.45) is 0 Å². The number of benzene rings is 2. The van der Waals surface area contributed by atoms with Crippen LogP contribution >= 0.6 is 11.3 Å². The summed E-state index contributed by atoms with van der Waals surface area (Å²) in [6.07, 6.45) is 3.20. The Labute approximate surface area is 202 Å². The first-order valence-corrected chi connectivity index (χ1v) is 12.3. The van der Waals surface area contributed by atoms with Crippen LogP contribution in [-0.4, -0.2) is 46.3 Å². The van der Waals surface area contributed by atoms with E-state index >= 15 is 0 Å². The lowest BCUT2D eigenvalue weighted by molar-refractivity contribution is 0.0257. The second-order valence-corrected chi connectivity index (χ2v) is 10.0. The molecule has 1 aliphatic carbocycles. The van der Waals surface area contributed by atoms with E-state index in [-0.39, 0.29) is 18.2 Å². The zero-order valence-corrected chi connectivity index (χ0v) is 19.9. The summed E-state index contributed by atoms with van der Waals surface area (Å²) in [6.45, 7) is 4.66. The summed E-state index contributed by atoms with van der Waals surface area (Å²) >= 11 is 1.59. The maximum atomic E-state index is 12.5. The van der Waals surface area contributed by atoms with E-state index in [0.29, 0.717) is 24.4 Å². The van der Waals surface area contributed by atoms with Crippen LogP contribution in [0.15, 0.2) is 42.6 Å². The van der Waals surface area contributed by atoms with Crippen LogP contribution in [0, 0.1) is 11.3 Å². The smallest absolute Gasteiger partial charge is 0.318 e. The number of hydrogen-bond acceptors (Lipinski definition) is 6. The van der Waals surface area contributed by atoms with Gasteiger partial charge in [-0.25, -0.2) is 9.78 Å². The van der Waals surface area contributed by atoms with E-state index in [9.17, 15) is 15.2 Å². The quantitative estimate of drug-likeness (QED) is 0.567. The Morgan fingerprint density at radius 3 is 2.88 bits per heavy atom. The lowest BCUT2D eigenvalue weighted by Gasteiger charge is -2.36. The average Bonchev–Trinajstić information content (AvgIpc) is 3.44. The van der Waals surface area contributed by atoms with Crippen LogP contribution in [0.4, 0.5) is 4.79 Å². The second-order valence-electron chi connectivity index (χ2n) is 8.99. The van der Waals surface area contributed by atoms with Gasteiger partial charge in [-0.15, -0.1) is 11.3 Å². The summed E-state index contributed by atoms with van der Waals surface area (Å²) in [5, 5.41) is 23.0. The van der Waals surface area contributed by atoms with E-state index in [4.69, 9.17) is 4.74 Å². The molecule has 1 fully saturated rings. The summed E-state index contributed by atoms with van der Waals surface area (Å²) in [5.74, 6) is 0.583. The minimum Gasteiger partial charge on any atom is -0.490 e. The lowest BCUT2D eigenvalue weighted by atomic mass is 10.0. The molecule has 1 atom stereocenters. The van der Waals surface area contributed by atoms with Gasteiger partial charge in [-0.05, 0) is 61.6 Å². The number of ether oxygens (including phenoxy) is 1. The normalized spacial score (nSPS) is 17.3. The Morgan fingerprint density at radius 2 is 2.15 bits per heavy atom. The minimum atomic E-state index is -0.406. The first kappa shape index (κ1) is 22.4. The van der Waals surface area contributed by atoms with E-state index < -0.39 is 6.10 Å². The molecule has 2 amide bonds. The van der Waals surface area contributed by atoms with Crippen molar-refractivity contribution >= 4 is 17.4 Å². The van der Waals surface area contributed by atoms with E-state index in [1.165, 1.54) is 5.56 Å². The summed E-state index contributed by atoms with van der Waals surface area (Å²) in [6, 6.07) is 13.9. The van der Waals surface area contributed by atoms with Crippen molar-refractivity contribution in [1.29, 1.82) is 5.26 Å². The van der Waals surface area contributed by atoms with Crippen molar-refractivity contribution in [3.05, 3.63) is 59.3 Å². The molecule has 1 saturated heterocycles. The highest BCUT2D eigenvalue weighted by molar-refractivity contribution is 7.18. The number of nitrogens with zero attached hydrogens (tertiary/aromatic N) is 3. The molecule has 2 heterocycles. The molecule has 0 spiro atoms. The highest BCUT2D eigenvalue weighted by atomic mass is 32.1. The van der Waals surface area contributed by atoms with Gasteiger partial charge >= 0.3 is 6.03 Å². The molecule has 3 aromatic rings. The van der Waals surface area contributed by atoms with Gasteiger partial charge in [-0.3, -0.25) is 0 Å². The molecule has 0 bridgehead atoms. The summed E-state index contributed by atoms with van der Waals surface area (Å²) < 4.78 is 5.74. The Hall–Kier alpha value is -3.41. The molecule has 174 valence electrons. The summed E-state index contributed by atoms with van der Waals surface area (Å²) in [5.41, 5.74) is 4.90. The zero-order chi connectivity index (χ0) is 23.8. The van der Waals surface area contributed by atoms with Crippen molar-refractivity contribution in [2.75, 3.05) is 13.1 Å². The maximum absolute atomic E-state index is 12.5. The van der Waals surface area contributed by atoms with Gasteiger partial charge in [0, 0.05) is 11.8 Å². The maximum Gasteiger partial charge on any atom is 0.318 e. The highest BCUT2D eigenvalue weighted by Crippen LogP contribution is 2.41. The summed E-state index contributed by atoms with van der Waals surface area (Å²) in [7, 11) is 0. The number of carbonyl (C=O) groups excluding carboxylic acids is 1. The van der Waals surface area contributed by atoms with Gasteiger partial charge in [0.1, 0.15) is 16.8 Å². The number of nitrogens with one attached hydrogen (secondary N) is 1. The largest absolute Gasteiger partial charge is 0.490 e. The van der Waals surface area contributed by atoms with Gasteiger partial charge in [-0.2, -0.15) is 5.26 Å². The SMILES string of the molecule is CC(C)Oc1ccc(-c2ncc(-c3cccc4c3CC[C@H]4NC(=O)N3CC(O)C3)s2)cc1C#N. The molecule has 2 aliphatic rings. The van der Waals surface area contributed by atoms with Gasteiger partial charge < -0.3 is 20.1 Å².